The van der Waals surface area contributed by atoms with E-state index in [0.717, 1.165) is 16.7 Å². The molecule has 2 rings (SSSR count). The topological polar surface area (TPSA) is 44.0 Å². The molecule has 2 aromatic carbocycles. The van der Waals surface area contributed by atoms with Gasteiger partial charge in [-0.3, -0.25) is 0 Å². The van der Waals surface area contributed by atoms with Crippen molar-refractivity contribution in [3.05, 3.63) is 52.5 Å². The van der Waals surface area contributed by atoms with Crippen LogP contribution in [-0.2, 0) is 0 Å². The molecule has 0 heterocycles. The van der Waals surface area contributed by atoms with E-state index in [9.17, 15) is 5.11 Å². The van der Waals surface area contributed by atoms with Crippen molar-refractivity contribution in [1.82, 2.24) is 0 Å². The Morgan fingerprint density at radius 2 is 1.88 bits per heavy atom. The highest BCUT2D eigenvalue weighted by molar-refractivity contribution is 6.31. The lowest BCUT2D eigenvalue weighted by atomic mass is 10.0. The Bertz CT molecular complexity index is 614. The number of phenolic OH excluding ortho intramolecular Hbond substituents is 1. The average molecular weight is 244 g/mol. The predicted octanol–water partition coefficient (Wildman–Crippen LogP) is 3.89. The molecule has 0 aromatic heterocycles. The number of aromatic hydroxyl groups is 1. The first kappa shape index (κ1) is 11.5. The molecule has 0 aliphatic heterocycles. The Morgan fingerprint density at radius 3 is 2.53 bits per heavy atom. The van der Waals surface area contributed by atoms with Gasteiger partial charge in [-0.15, -0.1) is 0 Å². The maximum Gasteiger partial charge on any atom is 0.117 e. The number of aryl methyl sites for hydroxylation is 1. The van der Waals surface area contributed by atoms with Gasteiger partial charge in [-0.1, -0.05) is 17.7 Å². The van der Waals surface area contributed by atoms with Crippen LogP contribution in [-0.4, -0.2) is 5.11 Å². The number of halogens is 1. The van der Waals surface area contributed by atoms with Crippen LogP contribution in [0.3, 0.4) is 0 Å². The van der Waals surface area contributed by atoms with E-state index in [-0.39, 0.29) is 5.75 Å². The summed E-state index contributed by atoms with van der Waals surface area (Å²) < 4.78 is 0. The standard InChI is InChI=1S/C14H10ClNO/c1-9-4-11(2-3-14(9)15)12-5-10(8-16)6-13(17)7-12/h2-7,17H,1H3. The molecule has 0 radical (unpaired) electrons. The van der Waals surface area contributed by atoms with E-state index < -0.39 is 0 Å². The number of rotatable bonds is 1. The molecular weight excluding hydrogens is 234 g/mol. The summed E-state index contributed by atoms with van der Waals surface area (Å²) in [5.74, 6) is 0.0895. The van der Waals surface area contributed by atoms with Crippen LogP contribution in [0.1, 0.15) is 11.1 Å². The summed E-state index contributed by atoms with van der Waals surface area (Å²) >= 11 is 5.96. The van der Waals surface area contributed by atoms with Gasteiger partial charge in [-0.25, -0.2) is 0 Å². The van der Waals surface area contributed by atoms with Gasteiger partial charge in [-0.2, -0.15) is 5.26 Å². The second-order valence-corrected chi connectivity index (χ2v) is 4.25. The molecule has 0 unspecified atom stereocenters. The molecule has 3 heteroatoms. The molecule has 17 heavy (non-hydrogen) atoms. The smallest absolute Gasteiger partial charge is 0.117 e. The Morgan fingerprint density at radius 1 is 1.12 bits per heavy atom. The minimum absolute atomic E-state index is 0.0895. The van der Waals surface area contributed by atoms with Crippen molar-refractivity contribution in [3.8, 4) is 22.9 Å². The van der Waals surface area contributed by atoms with Gasteiger partial charge >= 0.3 is 0 Å². The fourth-order valence-electron chi connectivity index (χ4n) is 1.67. The summed E-state index contributed by atoms with van der Waals surface area (Å²) in [5.41, 5.74) is 3.14. The van der Waals surface area contributed by atoms with Crippen LogP contribution in [0.15, 0.2) is 36.4 Å². The van der Waals surface area contributed by atoms with E-state index in [1.165, 1.54) is 6.07 Å². The molecule has 0 spiro atoms. The van der Waals surface area contributed by atoms with E-state index in [0.29, 0.717) is 10.6 Å². The lowest BCUT2D eigenvalue weighted by Crippen LogP contribution is -1.83. The molecule has 2 nitrogen and oxygen atoms in total. The van der Waals surface area contributed by atoms with Crippen LogP contribution in [0.25, 0.3) is 11.1 Å². The summed E-state index contributed by atoms with van der Waals surface area (Å²) in [7, 11) is 0. The van der Waals surface area contributed by atoms with Crippen molar-refractivity contribution in [3.63, 3.8) is 0 Å². The first-order valence-electron chi connectivity index (χ1n) is 5.11. The Balaban J connectivity index is 2.56. The maximum atomic E-state index is 9.53. The minimum atomic E-state index is 0.0895. The van der Waals surface area contributed by atoms with Crippen LogP contribution in [0.2, 0.25) is 5.02 Å². The van der Waals surface area contributed by atoms with Gasteiger partial charge in [0.15, 0.2) is 0 Å². The molecule has 0 aliphatic rings. The molecule has 2 aromatic rings. The zero-order chi connectivity index (χ0) is 12.4. The van der Waals surface area contributed by atoms with Crippen molar-refractivity contribution >= 4 is 11.6 Å². The number of nitrogens with zero attached hydrogens (tertiary/aromatic N) is 1. The third-order valence-electron chi connectivity index (χ3n) is 2.54. The molecule has 0 amide bonds. The first-order valence-corrected chi connectivity index (χ1v) is 5.48. The van der Waals surface area contributed by atoms with Gasteiger partial charge in [0, 0.05) is 5.02 Å². The van der Waals surface area contributed by atoms with Crippen molar-refractivity contribution in [2.75, 3.05) is 0 Å². The fourth-order valence-corrected chi connectivity index (χ4v) is 1.78. The normalized spacial score (nSPS) is 9.94. The van der Waals surface area contributed by atoms with Crippen molar-refractivity contribution < 1.29 is 5.11 Å². The van der Waals surface area contributed by atoms with Crippen LogP contribution in [0.4, 0.5) is 0 Å². The highest BCUT2D eigenvalue weighted by Crippen LogP contribution is 2.28. The second kappa shape index (κ2) is 4.48. The highest BCUT2D eigenvalue weighted by atomic mass is 35.5. The van der Waals surface area contributed by atoms with Gasteiger partial charge in [0.05, 0.1) is 11.6 Å². The zero-order valence-electron chi connectivity index (χ0n) is 9.24. The lowest BCUT2D eigenvalue weighted by molar-refractivity contribution is 0.475. The predicted molar refractivity (Wildman–Crippen MR) is 68.0 cm³/mol. The lowest BCUT2D eigenvalue weighted by Gasteiger charge is -2.05. The van der Waals surface area contributed by atoms with Gasteiger partial charge in [0.25, 0.3) is 0 Å². The third kappa shape index (κ3) is 2.41. The molecule has 0 saturated heterocycles. The summed E-state index contributed by atoms with van der Waals surface area (Å²) in [6, 6.07) is 12.4. The van der Waals surface area contributed by atoms with Crippen LogP contribution in [0.5, 0.6) is 5.75 Å². The van der Waals surface area contributed by atoms with E-state index in [2.05, 4.69) is 0 Å². The molecule has 0 saturated carbocycles. The fraction of sp³-hybridized carbons (Fsp3) is 0.0714. The summed E-state index contributed by atoms with van der Waals surface area (Å²) in [6.07, 6.45) is 0. The first-order chi connectivity index (χ1) is 8.10. The number of hydrogen-bond donors (Lipinski definition) is 1. The van der Waals surface area contributed by atoms with Gasteiger partial charge in [0.2, 0.25) is 0 Å². The molecular formula is C14H10ClNO. The van der Waals surface area contributed by atoms with Gasteiger partial charge < -0.3 is 5.11 Å². The van der Waals surface area contributed by atoms with Gasteiger partial charge in [0.1, 0.15) is 5.75 Å². The summed E-state index contributed by atoms with van der Waals surface area (Å²) in [6.45, 7) is 1.92. The van der Waals surface area contributed by atoms with Crippen LogP contribution >= 0.6 is 11.6 Å². The third-order valence-corrected chi connectivity index (χ3v) is 2.96. The quantitative estimate of drug-likeness (QED) is 0.826. The SMILES string of the molecule is Cc1cc(-c2cc(O)cc(C#N)c2)ccc1Cl. The summed E-state index contributed by atoms with van der Waals surface area (Å²) in [4.78, 5) is 0. The van der Waals surface area contributed by atoms with E-state index in [1.807, 2.05) is 31.2 Å². The number of nitriles is 1. The van der Waals surface area contributed by atoms with Crippen LogP contribution in [0, 0.1) is 18.3 Å². The number of phenols is 1. The van der Waals surface area contributed by atoms with Crippen molar-refractivity contribution in [2.24, 2.45) is 0 Å². The average Bonchev–Trinajstić information content (AvgIpc) is 2.32. The Hall–Kier alpha value is -1.98. The molecule has 0 bridgehead atoms. The van der Waals surface area contributed by atoms with E-state index in [4.69, 9.17) is 16.9 Å². The molecule has 0 atom stereocenters. The second-order valence-electron chi connectivity index (χ2n) is 3.84. The van der Waals surface area contributed by atoms with Crippen molar-refractivity contribution in [1.29, 1.82) is 5.26 Å². The summed E-state index contributed by atoms with van der Waals surface area (Å²) in [5, 5.41) is 19.1. The largest absolute Gasteiger partial charge is 0.508 e. The van der Waals surface area contributed by atoms with Crippen molar-refractivity contribution in [2.45, 2.75) is 6.92 Å². The Kier molecular flexibility index (Phi) is 3.03. The maximum absolute atomic E-state index is 9.53. The minimum Gasteiger partial charge on any atom is -0.508 e. The number of benzene rings is 2. The zero-order valence-corrected chi connectivity index (χ0v) is 9.99. The molecule has 0 fully saturated rings. The number of hydrogen-bond acceptors (Lipinski definition) is 2. The molecule has 0 aliphatic carbocycles. The van der Waals surface area contributed by atoms with Crippen LogP contribution < -0.4 is 0 Å². The van der Waals surface area contributed by atoms with Gasteiger partial charge in [-0.05, 0) is 53.9 Å². The Labute approximate surface area is 105 Å². The molecule has 84 valence electrons. The van der Waals surface area contributed by atoms with E-state index in [1.54, 1.807) is 12.1 Å². The molecule has 1 N–H and O–H groups in total. The monoisotopic (exact) mass is 243 g/mol. The van der Waals surface area contributed by atoms with E-state index >= 15 is 0 Å². The highest BCUT2D eigenvalue weighted by Gasteiger charge is 2.04.